The molecule has 0 aliphatic carbocycles. The minimum absolute atomic E-state index is 0.156. The first-order chi connectivity index (χ1) is 13.3. The topological polar surface area (TPSA) is 54.0 Å². The average Bonchev–Trinajstić information content (AvgIpc) is 2.54. The van der Waals surface area contributed by atoms with Crippen molar-refractivity contribution in [1.29, 1.82) is 0 Å². The number of methoxy groups -OCH3 is 1. The normalized spacial score (nSPS) is 34.6. The highest BCUT2D eigenvalue weighted by atomic mass is 19.4. The molecule has 0 radical (unpaired) electrons. The summed E-state index contributed by atoms with van der Waals surface area (Å²) in [6.07, 6.45) is -31.7. The number of esters is 1. The molecule has 0 spiro atoms. The lowest BCUT2D eigenvalue weighted by molar-refractivity contribution is -0.554. The van der Waals surface area contributed by atoms with E-state index in [0.717, 1.165) is 0 Å². The third kappa shape index (κ3) is 4.45. The number of alkyl halides is 15. The van der Waals surface area contributed by atoms with Crippen molar-refractivity contribution in [3.05, 3.63) is 0 Å². The Morgan fingerprint density at radius 1 is 0.806 bits per heavy atom. The molecule has 31 heavy (non-hydrogen) atoms. The summed E-state index contributed by atoms with van der Waals surface area (Å²) in [4.78, 5) is 11.0. The lowest BCUT2D eigenvalue weighted by Gasteiger charge is -2.41. The Morgan fingerprint density at radius 3 is 1.58 bits per heavy atom. The van der Waals surface area contributed by atoms with Crippen molar-refractivity contribution in [3.63, 3.8) is 0 Å². The van der Waals surface area contributed by atoms with Crippen LogP contribution in [0.1, 0.15) is 6.42 Å². The summed E-state index contributed by atoms with van der Waals surface area (Å²) in [5, 5.41) is 0. The van der Waals surface area contributed by atoms with Crippen LogP contribution in [0.3, 0.4) is 0 Å². The van der Waals surface area contributed by atoms with E-state index in [1.54, 1.807) is 0 Å². The van der Waals surface area contributed by atoms with Crippen molar-refractivity contribution in [1.82, 2.24) is 0 Å². The van der Waals surface area contributed by atoms with Crippen molar-refractivity contribution in [3.8, 4) is 0 Å². The molecule has 0 aromatic rings. The van der Waals surface area contributed by atoms with Crippen molar-refractivity contribution < 1.29 is 89.6 Å². The van der Waals surface area contributed by atoms with Gasteiger partial charge in [-0.05, 0) is 0 Å². The van der Waals surface area contributed by atoms with Crippen LogP contribution in [0.2, 0.25) is 0 Å². The van der Waals surface area contributed by atoms with Gasteiger partial charge in [-0.1, -0.05) is 0 Å². The van der Waals surface area contributed by atoms with Gasteiger partial charge >= 0.3 is 54.2 Å². The molecule has 4 atom stereocenters. The van der Waals surface area contributed by atoms with Gasteiger partial charge in [0.1, 0.15) is 6.42 Å². The minimum atomic E-state index is -7.45. The predicted octanol–water partition coefficient (Wildman–Crippen LogP) is 4.51. The van der Waals surface area contributed by atoms with Crippen LogP contribution >= 0.6 is 0 Å². The quantitative estimate of drug-likeness (QED) is 0.420. The van der Waals surface area contributed by atoms with Crippen LogP contribution in [0.15, 0.2) is 0 Å². The molecule has 184 valence electrons. The summed E-state index contributed by atoms with van der Waals surface area (Å²) in [5.74, 6) is -24.0. The second kappa shape index (κ2) is 7.15. The fraction of sp³-hybridized carbons (Fsp3) is 0.909. The lowest BCUT2D eigenvalue weighted by atomic mass is 10.2. The van der Waals surface area contributed by atoms with Crippen molar-refractivity contribution in [2.75, 3.05) is 7.11 Å². The highest BCUT2D eigenvalue weighted by molar-refractivity contribution is 5.78. The van der Waals surface area contributed by atoms with Crippen LogP contribution in [0, 0.1) is 0 Å². The zero-order valence-electron chi connectivity index (χ0n) is 13.9. The van der Waals surface area contributed by atoms with Gasteiger partial charge in [0.2, 0.25) is 0 Å². The smallest absolute Gasteiger partial charge is 0.460 e. The summed E-state index contributed by atoms with van der Waals surface area (Å²) in [6.45, 7) is 0. The summed E-state index contributed by atoms with van der Waals surface area (Å²) in [6, 6.07) is -7.21. The highest BCUT2D eigenvalue weighted by Gasteiger charge is 2.86. The maximum absolute atomic E-state index is 14.6. The zero-order chi connectivity index (χ0) is 25.1. The number of carbonyl (C=O) groups is 1. The van der Waals surface area contributed by atoms with Crippen LogP contribution in [-0.2, 0) is 23.7 Å². The van der Waals surface area contributed by atoms with E-state index < -0.39 is 60.6 Å². The van der Waals surface area contributed by atoms with Gasteiger partial charge in [-0.3, -0.25) is 14.2 Å². The Balaban J connectivity index is 3.91. The first kappa shape index (κ1) is 27.3. The number of ether oxygens (including phenoxy) is 4. The molecule has 0 amide bonds. The average molecular weight is 502 g/mol. The van der Waals surface area contributed by atoms with Crippen LogP contribution < -0.4 is 0 Å². The lowest BCUT2D eigenvalue weighted by Crippen LogP contribution is -2.68. The number of rotatable bonds is 3. The Hall–Kier alpha value is -1.70. The molecule has 1 aliphatic heterocycles. The highest BCUT2D eigenvalue weighted by Crippen LogP contribution is 2.59. The van der Waals surface area contributed by atoms with E-state index in [1.165, 1.54) is 0 Å². The Morgan fingerprint density at radius 2 is 1.26 bits per heavy atom. The molecule has 1 fully saturated rings. The van der Waals surface area contributed by atoms with Gasteiger partial charge in [-0.15, -0.1) is 0 Å². The molecule has 20 heteroatoms. The van der Waals surface area contributed by atoms with E-state index in [1.807, 2.05) is 0 Å². The van der Waals surface area contributed by atoms with E-state index in [-0.39, 0.29) is 7.11 Å². The molecular formula is C11H5F15O5. The number of hydrogen-bond acceptors (Lipinski definition) is 5. The number of halogens is 15. The fourth-order valence-electron chi connectivity index (χ4n) is 1.88. The molecule has 1 heterocycles. The Labute approximate surface area is 158 Å². The molecule has 5 nitrogen and oxygen atoms in total. The van der Waals surface area contributed by atoms with Gasteiger partial charge in [0, 0.05) is 0 Å². The Bertz CT molecular complexity index is 703. The Kier molecular flexibility index (Phi) is 6.31. The maximum atomic E-state index is 14.6. The van der Waals surface area contributed by atoms with Gasteiger partial charge in [-0.25, -0.2) is 9.18 Å². The molecule has 0 saturated carbocycles. The third-order valence-electron chi connectivity index (χ3n) is 3.27. The fourth-order valence-corrected chi connectivity index (χ4v) is 1.88. The van der Waals surface area contributed by atoms with E-state index in [0.29, 0.717) is 0 Å². The molecular weight excluding hydrogens is 497 g/mol. The van der Waals surface area contributed by atoms with Crippen molar-refractivity contribution in [2.45, 2.75) is 54.7 Å². The van der Waals surface area contributed by atoms with E-state index in [4.69, 9.17) is 0 Å². The molecule has 0 aromatic carbocycles. The third-order valence-corrected chi connectivity index (χ3v) is 3.27. The van der Waals surface area contributed by atoms with Gasteiger partial charge in [0.15, 0.2) is 0 Å². The molecule has 4 unspecified atom stereocenters. The summed E-state index contributed by atoms with van der Waals surface area (Å²) in [7, 11) is -0.156. The molecule has 0 N–H and O–H groups in total. The van der Waals surface area contributed by atoms with Crippen molar-refractivity contribution >= 4 is 5.97 Å². The summed E-state index contributed by atoms with van der Waals surface area (Å²) >= 11 is 0. The molecule has 0 aromatic heterocycles. The first-order valence-electron chi connectivity index (χ1n) is 6.83. The van der Waals surface area contributed by atoms with Gasteiger partial charge in [0.25, 0.3) is 0 Å². The van der Waals surface area contributed by atoms with Gasteiger partial charge in [-0.2, -0.15) is 61.5 Å². The summed E-state index contributed by atoms with van der Waals surface area (Å²) < 4.78 is 208. The van der Waals surface area contributed by atoms with E-state index in [9.17, 15) is 70.7 Å². The van der Waals surface area contributed by atoms with E-state index in [2.05, 4.69) is 18.9 Å². The second-order valence-corrected chi connectivity index (χ2v) is 5.56. The molecule has 1 rings (SSSR count). The van der Waals surface area contributed by atoms with Crippen LogP contribution in [0.5, 0.6) is 0 Å². The zero-order valence-corrected chi connectivity index (χ0v) is 13.9. The minimum Gasteiger partial charge on any atom is -0.465 e. The molecule has 0 bridgehead atoms. The summed E-state index contributed by atoms with van der Waals surface area (Å²) in [5.41, 5.74) is 0. The largest absolute Gasteiger partial charge is 0.465 e. The number of carbonyl (C=O) groups excluding carboxylic acids is 1. The van der Waals surface area contributed by atoms with Crippen LogP contribution in [0.25, 0.3) is 0 Å². The van der Waals surface area contributed by atoms with Gasteiger partial charge in [0.05, 0.1) is 7.11 Å². The monoisotopic (exact) mass is 502 g/mol. The maximum Gasteiger partial charge on any atom is 0.460 e. The predicted molar refractivity (Wildman–Crippen MR) is 58.4 cm³/mol. The standard InChI is InChI=1S/C11H5F15O5/c1-28-3(27)6(15,9(20,21)22)31-11(26)7(16,10(23,24)25)30-5(13,14)2-4(12,29-11)8(17,18)19/h2H2,1H3. The van der Waals surface area contributed by atoms with E-state index >= 15 is 0 Å². The SMILES string of the molecule is COC(=O)C(F)(OC1(F)OC(F)(C(F)(F)F)CC(F)(F)OC1(F)C(F)(F)F)C(F)(F)F. The van der Waals surface area contributed by atoms with Crippen molar-refractivity contribution in [2.24, 2.45) is 0 Å². The first-order valence-corrected chi connectivity index (χ1v) is 6.83. The molecule has 1 aliphatic rings. The van der Waals surface area contributed by atoms with Gasteiger partial charge < -0.3 is 4.74 Å². The molecule has 1 saturated heterocycles. The van der Waals surface area contributed by atoms with Crippen LogP contribution in [0.4, 0.5) is 65.9 Å². The second-order valence-electron chi connectivity index (χ2n) is 5.56. The number of hydrogen-bond donors (Lipinski definition) is 0. The van der Waals surface area contributed by atoms with Crippen LogP contribution in [-0.4, -0.2) is 61.3 Å².